The summed E-state index contributed by atoms with van der Waals surface area (Å²) in [5, 5.41) is 0. The van der Waals surface area contributed by atoms with E-state index in [9.17, 15) is 18.0 Å². The number of aromatic nitrogens is 1. The molecule has 0 aliphatic carbocycles. The molecule has 3 heterocycles. The number of halogens is 3. The van der Waals surface area contributed by atoms with Crippen LogP contribution in [0, 0.1) is 13.8 Å². The summed E-state index contributed by atoms with van der Waals surface area (Å²) in [4.78, 5) is 24.2. The number of benzene rings is 1. The van der Waals surface area contributed by atoms with Gasteiger partial charge in [-0.15, -0.1) is 0 Å². The normalized spacial score (nSPS) is 19.1. The molecular weight excluding hydrogens is 441 g/mol. The van der Waals surface area contributed by atoms with E-state index in [1.165, 1.54) is 12.8 Å². The number of anilines is 2. The van der Waals surface area contributed by atoms with Gasteiger partial charge in [0.1, 0.15) is 11.9 Å². The second kappa shape index (κ2) is 10.3. The average Bonchev–Trinajstić information content (AvgIpc) is 3.48. The Kier molecular flexibility index (Phi) is 7.45. The highest BCUT2D eigenvalue weighted by Gasteiger charge is 2.37. The molecule has 1 aromatic carbocycles. The molecule has 184 valence electrons. The van der Waals surface area contributed by atoms with Gasteiger partial charge in [0.25, 0.3) is 0 Å². The van der Waals surface area contributed by atoms with E-state index >= 15 is 0 Å². The molecule has 0 radical (unpaired) electrons. The molecule has 1 aromatic heterocycles. The molecule has 2 aromatic rings. The van der Waals surface area contributed by atoms with Crippen molar-refractivity contribution >= 4 is 17.4 Å². The maximum atomic E-state index is 13.8. The summed E-state index contributed by atoms with van der Waals surface area (Å²) < 4.78 is 40.2. The number of amides is 1. The van der Waals surface area contributed by atoms with E-state index in [-0.39, 0.29) is 11.7 Å². The fraction of sp³-hybridized carbons (Fsp3) is 0.538. The van der Waals surface area contributed by atoms with E-state index in [1.807, 2.05) is 36.1 Å². The summed E-state index contributed by atoms with van der Waals surface area (Å²) in [5.41, 5.74) is 1.51. The first-order chi connectivity index (χ1) is 16.2. The zero-order chi connectivity index (χ0) is 24.3. The van der Waals surface area contributed by atoms with Gasteiger partial charge in [-0.05, 0) is 89.9 Å². The molecule has 1 amide bonds. The van der Waals surface area contributed by atoms with Crippen molar-refractivity contribution in [2.24, 2.45) is 0 Å². The Balaban J connectivity index is 1.57. The van der Waals surface area contributed by atoms with Gasteiger partial charge in [0.2, 0.25) is 5.91 Å². The number of rotatable bonds is 7. The summed E-state index contributed by atoms with van der Waals surface area (Å²) in [5.74, 6) is 0.156. The molecule has 0 bridgehead atoms. The number of likely N-dealkylation sites (tertiary alicyclic amines) is 1. The summed E-state index contributed by atoms with van der Waals surface area (Å²) in [7, 11) is 0. The minimum atomic E-state index is -4.45. The summed E-state index contributed by atoms with van der Waals surface area (Å²) in [6.07, 6.45) is 0.188. The van der Waals surface area contributed by atoms with Crippen LogP contribution in [0.4, 0.5) is 24.7 Å². The van der Waals surface area contributed by atoms with E-state index < -0.39 is 17.8 Å². The third-order valence-corrected chi connectivity index (χ3v) is 6.77. The quantitative estimate of drug-likeness (QED) is 0.553. The van der Waals surface area contributed by atoms with Crippen LogP contribution in [-0.4, -0.2) is 54.6 Å². The van der Waals surface area contributed by atoms with Gasteiger partial charge in [0.15, 0.2) is 0 Å². The van der Waals surface area contributed by atoms with Crippen molar-refractivity contribution in [2.75, 3.05) is 42.5 Å². The highest BCUT2D eigenvalue weighted by molar-refractivity contribution is 5.99. The van der Waals surface area contributed by atoms with Crippen LogP contribution in [0.15, 0.2) is 36.4 Å². The minimum absolute atomic E-state index is 0.0698. The maximum absolute atomic E-state index is 13.8. The Morgan fingerprint density at radius 1 is 1.06 bits per heavy atom. The number of hydrogen-bond donors (Lipinski definition) is 0. The van der Waals surface area contributed by atoms with Gasteiger partial charge < -0.3 is 14.7 Å². The predicted octanol–water partition coefficient (Wildman–Crippen LogP) is 5.21. The minimum Gasteiger partial charge on any atom is -0.345 e. The Hall–Kier alpha value is -2.61. The van der Waals surface area contributed by atoms with Gasteiger partial charge >= 0.3 is 6.18 Å². The number of nitrogens with zero attached hydrogens (tertiary/aromatic N) is 4. The molecular formula is C26H33F3N4O. The lowest BCUT2D eigenvalue weighted by molar-refractivity contribution is -0.137. The molecule has 2 aliphatic heterocycles. The molecule has 2 fully saturated rings. The van der Waals surface area contributed by atoms with Crippen molar-refractivity contribution in [3.05, 3.63) is 53.2 Å². The van der Waals surface area contributed by atoms with Crippen LogP contribution < -0.4 is 9.80 Å². The van der Waals surface area contributed by atoms with Crippen molar-refractivity contribution in [3.63, 3.8) is 0 Å². The zero-order valence-corrected chi connectivity index (χ0v) is 19.9. The Bertz CT molecular complexity index is 987. The number of hydrogen-bond acceptors (Lipinski definition) is 4. The first kappa shape index (κ1) is 24.5. The molecule has 2 aliphatic rings. The number of pyridine rings is 1. The Morgan fingerprint density at radius 2 is 1.76 bits per heavy atom. The Labute approximate surface area is 199 Å². The molecule has 8 heteroatoms. The first-order valence-electron chi connectivity index (χ1n) is 12.2. The molecule has 1 atom stereocenters. The molecule has 0 saturated carbocycles. The van der Waals surface area contributed by atoms with Crippen LogP contribution in [0.1, 0.15) is 48.9 Å². The fourth-order valence-electron chi connectivity index (χ4n) is 4.99. The molecule has 0 unspecified atom stereocenters. The lowest BCUT2D eigenvalue weighted by Crippen LogP contribution is -2.47. The van der Waals surface area contributed by atoms with Crippen LogP contribution in [0.5, 0.6) is 0 Å². The largest absolute Gasteiger partial charge is 0.416 e. The predicted molar refractivity (Wildman–Crippen MR) is 128 cm³/mol. The number of carbonyl (C=O) groups excluding carboxylic acids is 1. The average molecular weight is 475 g/mol. The third-order valence-electron chi connectivity index (χ3n) is 6.77. The Morgan fingerprint density at radius 3 is 2.44 bits per heavy atom. The lowest BCUT2D eigenvalue weighted by atomic mass is 10.1. The highest BCUT2D eigenvalue weighted by atomic mass is 19.4. The van der Waals surface area contributed by atoms with E-state index in [0.717, 1.165) is 55.9 Å². The van der Waals surface area contributed by atoms with Crippen molar-refractivity contribution in [1.82, 2.24) is 9.88 Å². The molecule has 34 heavy (non-hydrogen) atoms. The van der Waals surface area contributed by atoms with Crippen molar-refractivity contribution in [3.8, 4) is 0 Å². The fourth-order valence-corrected chi connectivity index (χ4v) is 4.99. The monoisotopic (exact) mass is 474 g/mol. The van der Waals surface area contributed by atoms with Crippen molar-refractivity contribution in [1.29, 1.82) is 0 Å². The van der Waals surface area contributed by atoms with Crippen LogP contribution in [0.2, 0.25) is 0 Å². The molecule has 5 nitrogen and oxygen atoms in total. The van der Waals surface area contributed by atoms with E-state index in [0.29, 0.717) is 25.2 Å². The van der Waals surface area contributed by atoms with E-state index in [4.69, 9.17) is 0 Å². The topological polar surface area (TPSA) is 39.7 Å². The number of alkyl halides is 3. The smallest absolute Gasteiger partial charge is 0.345 e. The van der Waals surface area contributed by atoms with Crippen LogP contribution in [0.3, 0.4) is 0 Å². The molecule has 2 saturated heterocycles. The summed E-state index contributed by atoms with van der Waals surface area (Å²) in [6.45, 7) is 7.81. The third kappa shape index (κ3) is 5.71. The second-order valence-electron chi connectivity index (χ2n) is 9.43. The summed E-state index contributed by atoms with van der Waals surface area (Å²) >= 11 is 0. The van der Waals surface area contributed by atoms with Gasteiger partial charge in [0, 0.05) is 24.5 Å². The van der Waals surface area contributed by atoms with Crippen molar-refractivity contribution in [2.45, 2.75) is 58.2 Å². The lowest BCUT2D eigenvalue weighted by Gasteiger charge is -2.32. The maximum Gasteiger partial charge on any atom is 0.416 e. The van der Waals surface area contributed by atoms with Gasteiger partial charge in [-0.1, -0.05) is 17.7 Å². The van der Waals surface area contributed by atoms with Gasteiger partial charge in [0.05, 0.1) is 5.56 Å². The van der Waals surface area contributed by atoms with Gasteiger partial charge in [-0.3, -0.25) is 4.79 Å². The molecule has 0 spiro atoms. The summed E-state index contributed by atoms with van der Waals surface area (Å²) in [6, 6.07) is 9.48. The van der Waals surface area contributed by atoms with Crippen LogP contribution in [0.25, 0.3) is 0 Å². The second-order valence-corrected chi connectivity index (χ2v) is 9.43. The number of carbonyl (C=O) groups is 1. The zero-order valence-electron chi connectivity index (χ0n) is 19.9. The SMILES string of the molecule is Cc1ccc(N(CCCN2CCCC2)C(=O)[C@@H]2CCCN2c2cc(C(F)(F)F)cc(C)n2)cc1. The van der Waals surface area contributed by atoms with Gasteiger partial charge in [-0.25, -0.2) is 4.98 Å². The highest BCUT2D eigenvalue weighted by Crippen LogP contribution is 2.34. The standard InChI is InChI=1S/C26H33F3N4O/c1-19-8-10-22(11-9-19)32(16-6-14-31-12-3-4-13-31)25(34)23-7-5-15-33(23)24-18-21(26(27,28)29)17-20(2)30-24/h8-11,17-18,23H,3-7,12-16H2,1-2H3/t23-/m0/s1. The van der Waals surface area contributed by atoms with Crippen molar-refractivity contribution < 1.29 is 18.0 Å². The van der Waals surface area contributed by atoms with Crippen LogP contribution >= 0.6 is 0 Å². The number of aryl methyl sites for hydroxylation is 2. The van der Waals surface area contributed by atoms with Crippen LogP contribution in [-0.2, 0) is 11.0 Å². The molecule has 4 rings (SSSR count). The van der Waals surface area contributed by atoms with Gasteiger partial charge in [-0.2, -0.15) is 13.2 Å². The first-order valence-corrected chi connectivity index (χ1v) is 12.2. The van der Waals surface area contributed by atoms with E-state index in [2.05, 4.69) is 9.88 Å². The van der Waals surface area contributed by atoms with E-state index in [1.54, 1.807) is 11.8 Å². The molecule has 0 N–H and O–H groups in total.